The minimum Gasteiger partial charge on any atom is -0.234 e. The molecular formula is C11H8BrF3N2O3S. The van der Waals surface area contributed by atoms with Crippen LogP contribution in [0.4, 0.5) is 13.2 Å². The normalized spacial score (nSPS) is 19.4. The van der Waals surface area contributed by atoms with Crippen molar-refractivity contribution in [2.24, 2.45) is 10.2 Å². The summed E-state index contributed by atoms with van der Waals surface area (Å²) >= 11 is 3.25. The Balaban J connectivity index is 2.14. The summed E-state index contributed by atoms with van der Waals surface area (Å²) in [5.41, 5.74) is -4.27. The average Bonchev–Trinajstić information content (AvgIpc) is 2.38. The topological polar surface area (TPSA) is 68.1 Å². The lowest BCUT2D eigenvalue weighted by atomic mass is 10.0. The third-order valence-corrected chi connectivity index (χ3v) is 4.11. The lowest BCUT2D eigenvalue weighted by molar-refractivity contribution is -0.0571. The van der Waals surface area contributed by atoms with Crippen LogP contribution in [0.15, 0.2) is 45.2 Å². The molecule has 0 spiro atoms. The number of hydrogen-bond donors (Lipinski definition) is 0. The van der Waals surface area contributed by atoms with E-state index in [9.17, 15) is 21.6 Å². The molecule has 0 fully saturated rings. The highest BCUT2D eigenvalue weighted by Crippen LogP contribution is 2.31. The predicted molar refractivity (Wildman–Crippen MR) is 71.4 cm³/mol. The van der Waals surface area contributed by atoms with Gasteiger partial charge in [0.05, 0.1) is 6.20 Å². The van der Waals surface area contributed by atoms with Gasteiger partial charge >= 0.3 is 15.6 Å². The average molecular weight is 385 g/mol. The van der Waals surface area contributed by atoms with E-state index in [1.165, 1.54) is 6.20 Å². The maximum atomic E-state index is 12.2. The van der Waals surface area contributed by atoms with E-state index in [4.69, 9.17) is 0 Å². The summed E-state index contributed by atoms with van der Waals surface area (Å²) in [6.45, 7) is 0. The second-order valence-corrected chi connectivity index (χ2v) is 6.53. The minimum absolute atomic E-state index is 0.125. The molecule has 0 radical (unpaired) electrons. The largest absolute Gasteiger partial charge is 0.523 e. The molecule has 5 nitrogen and oxygen atoms in total. The van der Waals surface area contributed by atoms with Crippen LogP contribution in [-0.4, -0.2) is 20.2 Å². The Morgan fingerprint density at radius 3 is 2.43 bits per heavy atom. The van der Waals surface area contributed by atoms with E-state index in [-0.39, 0.29) is 6.42 Å². The van der Waals surface area contributed by atoms with Crippen molar-refractivity contribution in [2.75, 3.05) is 0 Å². The molecule has 0 saturated heterocycles. The van der Waals surface area contributed by atoms with Crippen LogP contribution in [0.5, 0.6) is 0 Å². The molecule has 21 heavy (non-hydrogen) atoms. The Kier molecular flexibility index (Phi) is 4.49. The summed E-state index contributed by atoms with van der Waals surface area (Å²) in [5, 5.41) is 6.86. The van der Waals surface area contributed by atoms with Gasteiger partial charge in [0, 0.05) is 10.9 Å². The van der Waals surface area contributed by atoms with Crippen molar-refractivity contribution >= 4 is 31.6 Å². The molecule has 1 aliphatic rings. The molecule has 0 aromatic heterocycles. The van der Waals surface area contributed by atoms with Crippen LogP contribution in [0.3, 0.4) is 0 Å². The first kappa shape index (κ1) is 16.1. The molecule has 1 aromatic carbocycles. The van der Waals surface area contributed by atoms with E-state index in [2.05, 4.69) is 30.3 Å². The number of hydrogen-bond acceptors (Lipinski definition) is 5. The first-order chi connectivity index (χ1) is 9.69. The summed E-state index contributed by atoms with van der Waals surface area (Å²) in [7, 11) is -5.70. The molecule has 0 saturated carbocycles. The van der Waals surface area contributed by atoms with Crippen LogP contribution in [-0.2, 0) is 14.3 Å². The van der Waals surface area contributed by atoms with E-state index in [0.29, 0.717) is 11.1 Å². The lowest BCUT2D eigenvalue weighted by Crippen LogP contribution is -2.29. The maximum Gasteiger partial charge on any atom is 0.523 e. The number of alkyl halides is 3. The maximum absolute atomic E-state index is 12.2. The van der Waals surface area contributed by atoms with Crippen LogP contribution < -0.4 is 0 Å². The number of rotatable bonds is 3. The van der Waals surface area contributed by atoms with Crippen molar-refractivity contribution in [3.05, 3.63) is 40.5 Å². The molecular weight excluding hydrogens is 377 g/mol. The van der Waals surface area contributed by atoms with Gasteiger partial charge in [-0.25, -0.2) is 4.18 Å². The number of azo groups is 1. The van der Waals surface area contributed by atoms with Crippen LogP contribution in [0.2, 0.25) is 0 Å². The lowest BCUT2D eigenvalue weighted by Gasteiger charge is -2.18. The van der Waals surface area contributed by atoms with Gasteiger partial charge in [-0.3, -0.25) is 0 Å². The molecule has 0 N–H and O–H groups in total. The zero-order valence-corrected chi connectivity index (χ0v) is 12.6. The molecule has 0 amide bonds. The van der Waals surface area contributed by atoms with Crippen LogP contribution in [0.25, 0.3) is 5.57 Å². The first-order valence-corrected chi connectivity index (χ1v) is 7.74. The van der Waals surface area contributed by atoms with Gasteiger partial charge in [-0.1, -0.05) is 28.1 Å². The Bertz CT molecular complexity index is 684. The molecule has 0 bridgehead atoms. The Morgan fingerprint density at radius 2 is 1.86 bits per heavy atom. The Hall–Kier alpha value is -1.26. The third kappa shape index (κ3) is 3.89. The van der Waals surface area contributed by atoms with Crippen molar-refractivity contribution in [1.29, 1.82) is 0 Å². The van der Waals surface area contributed by atoms with Gasteiger partial charge < -0.3 is 0 Å². The van der Waals surface area contributed by atoms with Gasteiger partial charge in [0.25, 0.3) is 0 Å². The number of benzene rings is 1. The number of halogens is 4. The molecule has 0 aliphatic carbocycles. The fraction of sp³-hybridized carbons (Fsp3) is 0.273. The quantitative estimate of drug-likeness (QED) is 0.587. The van der Waals surface area contributed by atoms with Gasteiger partial charge in [0.15, 0.2) is 6.23 Å². The Morgan fingerprint density at radius 1 is 1.24 bits per heavy atom. The van der Waals surface area contributed by atoms with Gasteiger partial charge in [0.1, 0.15) is 0 Å². The van der Waals surface area contributed by atoms with Crippen molar-refractivity contribution in [3.8, 4) is 0 Å². The van der Waals surface area contributed by atoms with E-state index in [0.717, 1.165) is 4.47 Å². The summed E-state index contributed by atoms with van der Waals surface area (Å²) in [6.07, 6.45) is -0.302. The fourth-order valence-electron chi connectivity index (χ4n) is 1.57. The van der Waals surface area contributed by atoms with E-state index in [1.54, 1.807) is 24.3 Å². The van der Waals surface area contributed by atoms with Crippen LogP contribution in [0, 0.1) is 0 Å². The molecule has 10 heteroatoms. The third-order valence-electron chi connectivity index (χ3n) is 2.54. The summed E-state index contributed by atoms with van der Waals surface area (Å²) in [4.78, 5) is 0. The van der Waals surface area contributed by atoms with Gasteiger partial charge in [0.2, 0.25) is 0 Å². The first-order valence-electron chi connectivity index (χ1n) is 5.53. The molecule has 114 valence electrons. The van der Waals surface area contributed by atoms with E-state index in [1.807, 2.05) is 0 Å². The second kappa shape index (κ2) is 5.85. The zero-order valence-electron chi connectivity index (χ0n) is 10.2. The predicted octanol–water partition coefficient (Wildman–Crippen LogP) is 3.84. The van der Waals surface area contributed by atoms with E-state index < -0.39 is 21.9 Å². The molecule has 1 heterocycles. The number of nitrogens with zero attached hydrogens (tertiary/aromatic N) is 2. The van der Waals surface area contributed by atoms with E-state index >= 15 is 0 Å². The highest BCUT2D eigenvalue weighted by Gasteiger charge is 2.49. The monoisotopic (exact) mass is 384 g/mol. The summed E-state index contributed by atoms with van der Waals surface area (Å²) in [5.74, 6) is 0. The molecule has 1 aromatic rings. The van der Waals surface area contributed by atoms with Crippen LogP contribution >= 0.6 is 15.9 Å². The van der Waals surface area contributed by atoms with Crippen molar-refractivity contribution in [1.82, 2.24) is 0 Å². The molecule has 2 rings (SSSR count). The minimum atomic E-state index is -5.70. The van der Waals surface area contributed by atoms with Gasteiger partial charge in [-0.05, 0) is 23.3 Å². The summed E-state index contributed by atoms with van der Waals surface area (Å²) in [6, 6.07) is 6.91. The SMILES string of the molecule is O=S(=O)(OC1CC(c2ccc(Br)cc2)=CN=N1)C(F)(F)F. The second-order valence-electron chi connectivity index (χ2n) is 4.05. The van der Waals surface area contributed by atoms with Crippen molar-refractivity contribution in [3.63, 3.8) is 0 Å². The highest BCUT2D eigenvalue weighted by molar-refractivity contribution is 9.10. The molecule has 1 atom stereocenters. The van der Waals surface area contributed by atoms with Gasteiger partial charge in [-0.15, -0.1) is 0 Å². The smallest absolute Gasteiger partial charge is 0.234 e. The molecule has 1 unspecified atom stereocenters. The summed E-state index contributed by atoms with van der Waals surface area (Å²) < 4.78 is 63.5. The fourth-order valence-corrected chi connectivity index (χ4v) is 2.34. The standard InChI is InChI=1S/C11H8BrF3N2O3S/c12-9-3-1-7(2-4-9)8-5-10(17-16-6-8)20-21(18,19)11(13,14)15/h1-4,6,10H,5H2. The van der Waals surface area contributed by atoms with Crippen molar-refractivity contribution in [2.45, 2.75) is 18.2 Å². The Labute approximate surface area is 126 Å². The highest BCUT2D eigenvalue weighted by atomic mass is 79.9. The van der Waals surface area contributed by atoms with Crippen molar-refractivity contribution < 1.29 is 25.8 Å². The zero-order chi connectivity index (χ0) is 15.7. The van der Waals surface area contributed by atoms with Crippen LogP contribution in [0.1, 0.15) is 12.0 Å². The van der Waals surface area contributed by atoms with Gasteiger partial charge in [-0.2, -0.15) is 31.8 Å². The molecule has 1 aliphatic heterocycles.